The average molecular weight is 289 g/mol. The Labute approximate surface area is 118 Å². The van der Waals surface area contributed by atoms with Crippen molar-refractivity contribution in [3.05, 3.63) is 24.1 Å². The Hall–Kier alpha value is -2.74. The first-order valence-corrected chi connectivity index (χ1v) is 5.90. The van der Waals surface area contributed by atoms with Gasteiger partial charge in [0.25, 0.3) is 0 Å². The number of nitrogens with two attached hydrogens (primary N) is 2. The Morgan fingerprint density at radius 2 is 2.00 bits per heavy atom. The summed E-state index contributed by atoms with van der Waals surface area (Å²) in [6, 6.07) is 0. The van der Waals surface area contributed by atoms with Crippen LogP contribution in [0.3, 0.4) is 0 Å². The highest BCUT2D eigenvalue weighted by atomic mass is 35.5. The van der Waals surface area contributed by atoms with E-state index in [0.717, 1.165) is 0 Å². The van der Waals surface area contributed by atoms with E-state index in [4.69, 9.17) is 23.1 Å². The van der Waals surface area contributed by atoms with Crippen LogP contribution in [0.5, 0.6) is 0 Å². The number of hydrogen-bond donors (Lipinski definition) is 2. The van der Waals surface area contributed by atoms with Gasteiger partial charge >= 0.3 is 0 Å². The Bertz CT molecular complexity index is 825. The summed E-state index contributed by atoms with van der Waals surface area (Å²) in [5, 5.41) is 0.145. The fourth-order valence-corrected chi connectivity index (χ4v) is 1.96. The molecule has 9 heteroatoms. The van der Waals surface area contributed by atoms with Crippen molar-refractivity contribution in [2.45, 2.75) is 0 Å². The standard InChI is InChI=1S/C11H9ClN8/c1-2-20-4-3-15-10(20)5-7(12)16-6-8(13)18-11(14)19-9(6)17-5/h2-4H,1H2,(H4,13,14,17,18,19). The highest BCUT2D eigenvalue weighted by molar-refractivity contribution is 6.32. The van der Waals surface area contributed by atoms with E-state index in [9.17, 15) is 0 Å². The molecular formula is C11H9ClN8. The predicted molar refractivity (Wildman–Crippen MR) is 76.6 cm³/mol. The van der Waals surface area contributed by atoms with Crippen molar-refractivity contribution in [2.24, 2.45) is 0 Å². The van der Waals surface area contributed by atoms with Crippen molar-refractivity contribution >= 4 is 40.7 Å². The maximum Gasteiger partial charge on any atom is 0.224 e. The van der Waals surface area contributed by atoms with Gasteiger partial charge in [-0.05, 0) is 0 Å². The summed E-state index contributed by atoms with van der Waals surface area (Å²) >= 11 is 6.13. The lowest BCUT2D eigenvalue weighted by Crippen LogP contribution is -2.05. The SMILES string of the molecule is C=Cn1ccnc1-c1nc2nc(N)nc(N)c2nc1Cl. The van der Waals surface area contributed by atoms with Gasteiger partial charge in [-0.3, -0.25) is 0 Å². The van der Waals surface area contributed by atoms with E-state index >= 15 is 0 Å². The first kappa shape index (κ1) is 12.3. The quantitative estimate of drug-likeness (QED) is 0.726. The van der Waals surface area contributed by atoms with Crippen LogP contribution in [0.4, 0.5) is 11.8 Å². The zero-order chi connectivity index (χ0) is 14.3. The van der Waals surface area contributed by atoms with Gasteiger partial charge in [0.15, 0.2) is 28.0 Å². The minimum atomic E-state index is 0.0182. The molecule has 0 unspecified atom stereocenters. The molecule has 0 aliphatic heterocycles. The van der Waals surface area contributed by atoms with Gasteiger partial charge < -0.3 is 16.0 Å². The molecule has 0 aliphatic rings. The molecule has 0 saturated carbocycles. The van der Waals surface area contributed by atoms with Crippen LogP contribution in [0.2, 0.25) is 5.15 Å². The molecule has 0 amide bonds. The zero-order valence-electron chi connectivity index (χ0n) is 10.2. The van der Waals surface area contributed by atoms with Crippen LogP contribution in [0, 0.1) is 0 Å². The lowest BCUT2D eigenvalue weighted by atomic mass is 10.4. The fourth-order valence-electron chi connectivity index (χ4n) is 1.75. The Balaban J connectivity index is 2.32. The summed E-state index contributed by atoms with van der Waals surface area (Å²) in [5.41, 5.74) is 12.2. The number of aromatic nitrogens is 6. The van der Waals surface area contributed by atoms with Crippen LogP contribution in [0.15, 0.2) is 19.0 Å². The van der Waals surface area contributed by atoms with E-state index in [-0.39, 0.29) is 22.6 Å². The zero-order valence-corrected chi connectivity index (χ0v) is 10.9. The third-order valence-corrected chi connectivity index (χ3v) is 2.87. The largest absolute Gasteiger partial charge is 0.382 e. The minimum absolute atomic E-state index is 0.0182. The maximum atomic E-state index is 6.13. The van der Waals surface area contributed by atoms with Crippen molar-refractivity contribution in [1.82, 2.24) is 29.5 Å². The van der Waals surface area contributed by atoms with Gasteiger partial charge in [0.1, 0.15) is 5.69 Å². The number of imidazole rings is 1. The van der Waals surface area contributed by atoms with Gasteiger partial charge in [0.05, 0.1) is 0 Å². The Morgan fingerprint density at radius 3 is 2.75 bits per heavy atom. The molecule has 3 rings (SSSR count). The lowest BCUT2D eigenvalue weighted by Gasteiger charge is -2.06. The van der Waals surface area contributed by atoms with E-state index in [1.807, 2.05) is 0 Å². The molecule has 3 aromatic heterocycles. The third-order valence-electron chi connectivity index (χ3n) is 2.61. The summed E-state index contributed by atoms with van der Waals surface area (Å²) in [7, 11) is 0. The van der Waals surface area contributed by atoms with Crippen LogP contribution in [0.25, 0.3) is 28.9 Å². The normalized spacial score (nSPS) is 10.8. The van der Waals surface area contributed by atoms with Crippen molar-refractivity contribution in [3.63, 3.8) is 0 Å². The molecule has 0 aliphatic carbocycles. The number of anilines is 2. The van der Waals surface area contributed by atoms with Crippen molar-refractivity contribution in [3.8, 4) is 11.5 Å². The molecule has 0 aromatic carbocycles. The molecule has 8 nitrogen and oxygen atoms in total. The summed E-state index contributed by atoms with van der Waals surface area (Å²) in [4.78, 5) is 20.4. The monoisotopic (exact) mass is 288 g/mol. The van der Waals surface area contributed by atoms with Crippen LogP contribution in [-0.4, -0.2) is 29.5 Å². The van der Waals surface area contributed by atoms with Crippen molar-refractivity contribution < 1.29 is 0 Å². The molecule has 4 N–H and O–H groups in total. The third kappa shape index (κ3) is 1.82. The maximum absolute atomic E-state index is 6.13. The number of fused-ring (bicyclic) bond motifs is 1. The molecule has 3 aromatic rings. The summed E-state index contributed by atoms with van der Waals surface area (Å²) in [6.45, 7) is 3.68. The highest BCUT2D eigenvalue weighted by Crippen LogP contribution is 2.26. The second-order valence-corrected chi connectivity index (χ2v) is 4.20. The first-order chi connectivity index (χ1) is 9.60. The number of nitrogens with zero attached hydrogens (tertiary/aromatic N) is 6. The van der Waals surface area contributed by atoms with Crippen LogP contribution < -0.4 is 11.5 Å². The average Bonchev–Trinajstić information content (AvgIpc) is 2.87. The van der Waals surface area contributed by atoms with Gasteiger partial charge in [-0.1, -0.05) is 18.2 Å². The number of rotatable bonds is 2. The summed E-state index contributed by atoms with van der Waals surface area (Å²) < 4.78 is 1.66. The van der Waals surface area contributed by atoms with E-state index in [1.165, 1.54) is 0 Å². The fraction of sp³-hybridized carbons (Fsp3) is 0. The van der Waals surface area contributed by atoms with E-state index in [1.54, 1.807) is 23.2 Å². The first-order valence-electron chi connectivity index (χ1n) is 5.52. The molecule has 0 atom stereocenters. The molecule has 100 valence electrons. The molecule has 20 heavy (non-hydrogen) atoms. The molecular weight excluding hydrogens is 280 g/mol. The highest BCUT2D eigenvalue weighted by Gasteiger charge is 2.16. The summed E-state index contributed by atoms with van der Waals surface area (Å²) in [5.74, 6) is 0.639. The Kier molecular flexibility index (Phi) is 2.72. The van der Waals surface area contributed by atoms with E-state index < -0.39 is 0 Å². The smallest absolute Gasteiger partial charge is 0.224 e. The van der Waals surface area contributed by atoms with Crippen LogP contribution in [-0.2, 0) is 0 Å². The van der Waals surface area contributed by atoms with Crippen molar-refractivity contribution in [1.29, 1.82) is 0 Å². The molecule has 0 spiro atoms. The molecule has 3 heterocycles. The molecule has 0 bridgehead atoms. The summed E-state index contributed by atoms with van der Waals surface area (Å²) in [6.07, 6.45) is 4.89. The topological polar surface area (TPSA) is 121 Å². The van der Waals surface area contributed by atoms with Gasteiger partial charge in [0.2, 0.25) is 5.95 Å². The minimum Gasteiger partial charge on any atom is -0.382 e. The second kappa shape index (κ2) is 4.42. The number of hydrogen-bond acceptors (Lipinski definition) is 7. The van der Waals surface area contributed by atoms with Crippen LogP contribution in [0.1, 0.15) is 0 Å². The molecule has 0 fully saturated rings. The molecule has 0 saturated heterocycles. The van der Waals surface area contributed by atoms with Gasteiger partial charge in [-0.25, -0.2) is 15.0 Å². The van der Waals surface area contributed by atoms with Gasteiger partial charge in [0, 0.05) is 18.6 Å². The van der Waals surface area contributed by atoms with E-state index in [2.05, 4.69) is 31.5 Å². The Morgan fingerprint density at radius 1 is 1.20 bits per heavy atom. The van der Waals surface area contributed by atoms with Gasteiger partial charge in [-0.2, -0.15) is 9.97 Å². The lowest BCUT2D eigenvalue weighted by molar-refractivity contribution is 1.10. The van der Waals surface area contributed by atoms with E-state index in [0.29, 0.717) is 17.0 Å². The van der Waals surface area contributed by atoms with Gasteiger partial charge in [-0.15, -0.1) is 0 Å². The van der Waals surface area contributed by atoms with Crippen LogP contribution >= 0.6 is 11.6 Å². The second-order valence-electron chi connectivity index (χ2n) is 3.84. The number of nitrogen functional groups attached to an aromatic ring is 2. The van der Waals surface area contributed by atoms with Crippen molar-refractivity contribution in [2.75, 3.05) is 11.5 Å². The number of halogens is 1. The molecule has 0 radical (unpaired) electrons. The predicted octanol–water partition coefficient (Wildman–Crippen LogP) is 1.20.